The van der Waals surface area contributed by atoms with Gasteiger partial charge in [0.1, 0.15) is 12.4 Å². The Kier molecular flexibility index (Phi) is 7.24. The number of hydrogen-bond donors (Lipinski definition) is 2. The molecule has 156 valence electrons. The highest BCUT2D eigenvalue weighted by Crippen LogP contribution is 2.20. The Hall–Kier alpha value is -2.78. The lowest BCUT2D eigenvalue weighted by molar-refractivity contribution is -0.118. The fraction of sp³-hybridized carbons (Fsp3) is 0.667. The van der Waals surface area contributed by atoms with Crippen LogP contribution in [0.15, 0.2) is 9.59 Å². The maximum atomic E-state index is 12.9. The Morgan fingerprint density at radius 3 is 2.57 bits per heavy atom. The van der Waals surface area contributed by atoms with Crippen molar-refractivity contribution < 1.29 is 14.3 Å². The van der Waals surface area contributed by atoms with Gasteiger partial charge < -0.3 is 20.3 Å². The number of aromatic amines is 1. The largest absolute Gasteiger partial charge is 0.448 e. The molecule has 28 heavy (non-hydrogen) atoms. The molecular weight excluding hydrogens is 366 g/mol. The predicted octanol–water partition coefficient (Wildman–Crippen LogP) is 0.750. The van der Waals surface area contributed by atoms with Gasteiger partial charge in [0.2, 0.25) is 5.91 Å². The smallest absolute Gasteiger partial charge is 0.409 e. The van der Waals surface area contributed by atoms with Crippen LogP contribution in [0.1, 0.15) is 40.0 Å². The third-order valence-corrected chi connectivity index (χ3v) is 4.51. The Morgan fingerprint density at radius 2 is 2.00 bits per heavy atom. The van der Waals surface area contributed by atoms with Crippen LogP contribution >= 0.6 is 0 Å². The van der Waals surface area contributed by atoms with Gasteiger partial charge in [-0.15, -0.1) is 0 Å². The normalized spacial score (nSPS) is 13.9. The highest BCUT2D eigenvalue weighted by atomic mass is 16.6. The maximum absolute atomic E-state index is 12.9. The summed E-state index contributed by atoms with van der Waals surface area (Å²) in [5.74, 6) is -0.293. The minimum Gasteiger partial charge on any atom is -0.448 e. The first kappa shape index (κ1) is 21.5. The van der Waals surface area contributed by atoms with Gasteiger partial charge in [0.05, 0.1) is 6.54 Å². The number of aromatic nitrogens is 2. The number of amides is 2. The first-order chi connectivity index (χ1) is 13.3. The molecule has 10 nitrogen and oxygen atoms in total. The predicted molar refractivity (Wildman–Crippen MR) is 105 cm³/mol. The molecule has 1 aromatic rings. The molecule has 1 aliphatic heterocycles. The van der Waals surface area contributed by atoms with Crippen molar-refractivity contribution in [2.75, 3.05) is 36.9 Å². The lowest BCUT2D eigenvalue weighted by Crippen LogP contribution is -2.43. The van der Waals surface area contributed by atoms with E-state index in [9.17, 15) is 19.2 Å². The van der Waals surface area contributed by atoms with Gasteiger partial charge in [0.15, 0.2) is 5.69 Å². The van der Waals surface area contributed by atoms with E-state index in [2.05, 4.69) is 4.98 Å². The number of anilines is 2. The van der Waals surface area contributed by atoms with Crippen molar-refractivity contribution in [2.45, 2.75) is 46.6 Å². The summed E-state index contributed by atoms with van der Waals surface area (Å²) in [5.41, 5.74) is 4.85. The van der Waals surface area contributed by atoms with Crippen LogP contribution < -0.4 is 21.9 Å². The number of carbonyl (C=O) groups is 2. The zero-order valence-corrected chi connectivity index (χ0v) is 16.7. The van der Waals surface area contributed by atoms with Crippen molar-refractivity contribution in [3.63, 3.8) is 0 Å². The monoisotopic (exact) mass is 395 g/mol. The first-order valence-electron chi connectivity index (χ1n) is 9.60. The minimum atomic E-state index is -0.690. The second-order valence-corrected chi connectivity index (χ2v) is 7.25. The van der Waals surface area contributed by atoms with E-state index in [4.69, 9.17) is 10.5 Å². The number of nitrogen functional groups attached to an aromatic ring is 1. The van der Waals surface area contributed by atoms with Crippen LogP contribution in [0.5, 0.6) is 0 Å². The number of carbonyl (C=O) groups excluding carboxylic acids is 2. The molecule has 1 fully saturated rings. The number of nitrogens with zero attached hydrogens (tertiary/aromatic N) is 3. The summed E-state index contributed by atoms with van der Waals surface area (Å²) in [6.07, 6.45) is 1.13. The molecule has 0 spiro atoms. The summed E-state index contributed by atoms with van der Waals surface area (Å²) in [5, 5.41) is 0. The topological polar surface area (TPSA) is 131 Å². The van der Waals surface area contributed by atoms with Gasteiger partial charge in [-0.3, -0.25) is 19.1 Å². The summed E-state index contributed by atoms with van der Waals surface area (Å²) in [7, 11) is 0. The summed E-state index contributed by atoms with van der Waals surface area (Å²) in [6, 6.07) is 0. The Labute approximate surface area is 163 Å². The molecule has 0 saturated carbocycles. The van der Waals surface area contributed by atoms with Gasteiger partial charge in [-0.25, -0.2) is 9.59 Å². The molecule has 0 aromatic carbocycles. The van der Waals surface area contributed by atoms with E-state index < -0.39 is 17.3 Å². The molecule has 1 aliphatic rings. The zero-order valence-electron chi connectivity index (χ0n) is 16.7. The molecule has 1 saturated heterocycles. The van der Waals surface area contributed by atoms with E-state index in [-0.39, 0.29) is 42.8 Å². The fourth-order valence-corrected chi connectivity index (χ4v) is 3.05. The van der Waals surface area contributed by atoms with Crippen LogP contribution in [0, 0.1) is 5.92 Å². The van der Waals surface area contributed by atoms with Gasteiger partial charge in [-0.1, -0.05) is 27.2 Å². The number of H-pyrrole nitrogens is 1. The van der Waals surface area contributed by atoms with E-state index in [1.54, 1.807) is 0 Å². The lowest BCUT2D eigenvalue weighted by Gasteiger charge is -2.26. The van der Waals surface area contributed by atoms with Crippen LogP contribution in [0.3, 0.4) is 0 Å². The quantitative estimate of drug-likeness (QED) is 0.634. The van der Waals surface area contributed by atoms with Gasteiger partial charge in [0, 0.05) is 26.1 Å². The molecule has 2 heterocycles. The summed E-state index contributed by atoms with van der Waals surface area (Å²) < 4.78 is 6.15. The zero-order chi connectivity index (χ0) is 20.8. The van der Waals surface area contributed by atoms with Gasteiger partial charge in [-0.05, 0) is 12.3 Å². The van der Waals surface area contributed by atoms with Crippen LogP contribution in [-0.2, 0) is 16.1 Å². The SMILES string of the molecule is CCCCn1c(N)c(N(CC(C)C)C(=O)CCN2CCOC2=O)c(=O)[nH]c1=O. The number of cyclic esters (lactones) is 1. The number of nitrogens with two attached hydrogens (primary N) is 1. The Balaban J connectivity index is 2.33. The van der Waals surface area contributed by atoms with E-state index in [1.807, 2.05) is 20.8 Å². The standard InChI is InChI=1S/C18H29N5O5/c1-4-5-7-22-15(19)14(16(25)20-17(22)26)23(11-12(2)3)13(24)6-8-21-9-10-28-18(21)27/h12H,4-11,19H2,1-3H3,(H,20,25,26). The molecule has 0 radical (unpaired) electrons. The van der Waals surface area contributed by atoms with Crippen molar-refractivity contribution in [2.24, 2.45) is 5.92 Å². The third kappa shape index (κ3) is 4.93. The Bertz CT molecular complexity index is 829. The molecule has 0 aliphatic carbocycles. The van der Waals surface area contributed by atoms with Crippen molar-refractivity contribution in [1.82, 2.24) is 14.5 Å². The fourth-order valence-electron chi connectivity index (χ4n) is 3.05. The highest BCUT2D eigenvalue weighted by molar-refractivity contribution is 5.95. The summed E-state index contributed by atoms with van der Waals surface area (Å²) >= 11 is 0. The molecule has 0 bridgehead atoms. The summed E-state index contributed by atoms with van der Waals surface area (Å²) in [4.78, 5) is 54.1. The minimum absolute atomic E-state index is 0.0154. The number of unbranched alkanes of at least 4 members (excludes halogenated alkanes) is 1. The molecule has 0 unspecified atom stereocenters. The van der Waals surface area contributed by atoms with Crippen LogP contribution in [-0.4, -0.2) is 52.7 Å². The van der Waals surface area contributed by atoms with Crippen LogP contribution in [0.25, 0.3) is 0 Å². The summed E-state index contributed by atoms with van der Waals surface area (Å²) in [6.45, 7) is 7.35. The van der Waals surface area contributed by atoms with E-state index in [0.717, 1.165) is 6.42 Å². The van der Waals surface area contributed by atoms with Gasteiger partial charge in [0.25, 0.3) is 5.56 Å². The molecule has 2 amide bonds. The van der Waals surface area contributed by atoms with Gasteiger partial charge in [-0.2, -0.15) is 0 Å². The van der Waals surface area contributed by atoms with E-state index in [0.29, 0.717) is 26.1 Å². The second-order valence-electron chi connectivity index (χ2n) is 7.25. The van der Waals surface area contributed by atoms with Crippen LogP contribution in [0.4, 0.5) is 16.3 Å². The number of nitrogens with one attached hydrogen (secondary N) is 1. The molecule has 3 N–H and O–H groups in total. The molecule has 0 atom stereocenters. The van der Waals surface area contributed by atoms with Crippen molar-refractivity contribution in [3.8, 4) is 0 Å². The van der Waals surface area contributed by atoms with Crippen LogP contribution in [0.2, 0.25) is 0 Å². The van der Waals surface area contributed by atoms with Crippen molar-refractivity contribution in [1.29, 1.82) is 0 Å². The van der Waals surface area contributed by atoms with E-state index >= 15 is 0 Å². The van der Waals surface area contributed by atoms with Gasteiger partial charge >= 0.3 is 11.8 Å². The number of hydrogen-bond acceptors (Lipinski definition) is 6. The molecular formula is C18H29N5O5. The number of ether oxygens (including phenoxy) is 1. The molecule has 1 aromatic heterocycles. The van der Waals surface area contributed by atoms with Crippen molar-refractivity contribution in [3.05, 3.63) is 20.8 Å². The van der Waals surface area contributed by atoms with E-state index in [1.165, 1.54) is 14.4 Å². The highest BCUT2D eigenvalue weighted by Gasteiger charge is 2.27. The third-order valence-electron chi connectivity index (χ3n) is 4.51. The molecule has 10 heteroatoms. The number of rotatable bonds is 9. The maximum Gasteiger partial charge on any atom is 0.409 e. The first-order valence-corrected chi connectivity index (χ1v) is 9.60. The average Bonchev–Trinajstić information content (AvgIpc) is 3.03. The molecule has 2 rings (SSSR count). The average molecular weight is 395 g/mol. The van der Waals surface area contributed by atoms with Crippen molar-refractivity contribution >= 4 is 23.5 Å². The lowest BCUT2D eigenvalue weighted by atomic mass is 10.2. The Morgan fingerprint density at radius 1 is 1.29 bits per heavy atom. The second kappa shape index (κ2) is 9.43.